The number of carbonyl (C=O) groups is 3. The number of hydrogen-bond donors (Lipinski definition) is 2. The molecule has 0 saturated carbocycles. The van der Waals surface area contributed by atoms with Gasteiger partial charge in [0.15, 0.2) is 23.2 Å². The summed E-state index contributed by atoms with van der Waals surface area (Å²) in [6.07, 6.45) is 2.92. The van der Waals surface area contributed by atoms with Crippen LogP contribution in [0, 0.1) is 0 Å². The van der Waals surface area contributed by atoms with Crippen LogP contribution in [0.25, 0.3) is 6.08 Å². The van der Waals surface area contributed by atoms with Gasteiger partial charge in [0.1, 0.15) is 5.57 Å². The van der Waals surface area contributed by atoms with Crippen molar-refractivity contribution in [2.45, 2.75) is 0 Å². The van der Waals surface area contributed by atoms with Crippen LogP contribution in [-0.4, -0.2) is 48.0 Å². The first-order valence-corrected chi connectivity index (χ1v) is 7.87. The van der Waals surface area contributed by atoms with Gasteiger partial charge in [-0.05, 0) is 36.0 Å². The minimum atomic E-state index is -0.624. The first-order chi connectivity index (χ1) is 12.4. The summed E-state index contributed by atoms with van der Waals surface area (Å²) in [4.78, 5) is 36.7. The van der Waals surface area contributed by atoms with Crippen LogP contribution >= 0.6 is 12.2 Å². The highest BCUT2D eigenvalue weighted by atomic mass is 32.1. The predicted molar refractivity (Wildman–Crippen MR) is 98.3 cm³/mol. The fourth-order valence-corrected chi connectivity index (χ4v) is 2.45. The van der Waals surface area contributed by atoms with Crippen LogP contribution < -0.4 is 20.5 Å². The van der Waals surface area contributed by atoms with Crippen molar-refractivity contribution in [3.63, 3.8) is 0 Å². The lowest BCUT2D eigenvalue weighted by molar-refractivity contribution is -0.128. The fraction of sp³-hybridized carbons (Fsp3) is 0.176. The molecule has 3 amide bonds. The van der Waals surface area contributed by atoms with Gasteiger partial charge in [0.2, 0.25) is 0 Å². The summed E-state index contributed by atoms with van der Waals surface area (Å²) in [5.74, 6) is -1.11. The van der Waals surface area contributed by atoms with Gasteiger partial charge in [-0.1, -0.05) is 12.1 Å². The minimum Gasteiger partial charge on any atom is -0.493 e. The van der Waals surface area contributed by atoms with Crippen molar-refractivity contribution < 1.29 is 23.9 Å². The molecule has 8 nitrogen and oxygen atoms in total. The summed E-state index contributed by atoms with van der Waals surface area (Å²) in [6.45, 7) is 3.44. The second kappa shape index (κ2) is 8.26. The molecule has 3 N–H and O–H groups in total. The lowest BCUT2D eigenvalue weighted by atomic mass is 10.1. The number of primary amides is 1. The molecule has 0 bridgehead atoms. The Bertz CT molecular complexity index is 819. The molecule has 0 aliphatic carbocycles. The van der Waals surface area contributed by atoms with Crippen LogP contribution in [-0.2, 0) is 14.4 Å². The summed E-state index contributed by atoms with van der Waals surface area (Å²) in [7, 11) is 1.42. The average Bonchev–Trinajstić information content (AvgIpc) is 2.60. The summed E-state index contributed by atoms with van der Waals surface area (Å²) < 4.78 is 10.4. The Morgan fingerprint density at radius 3 is 2.73 bits per heavy atom. The van der Waals surface area contributed by atoms with Gasteiger partial charge in [-0.15, -0.1) is 6.58 Å². The Morgan fingerprint density at radius 1 is 1.38 bits per heavy atom. The molecule has 0 spiro atoms. The van der Waals surface area contributed by atoms with Crippen LogP contribution in [0.3, 0.4) is 0 Å². The van der Waals surface area contributed by atoms with Gasteiger partial charge in [0.25, 0.3) is 17.7 Å². The van der Waals surface area contributed by atoms with Crippen molar-refractivity contribution in [1.29, 1.82) is 0 Å². The maximum atomic E-state index is 12.5. The number of nitrogens with one attached hydrogen (secondary N) is 1. The van der Waals surface area contributed by atoms with E-state index in [1.807, 2.05) is 0 Å². The lowest BCUT2D eigenvalue weighted by Gasteiger charge is -2.27. The Morgan fingerprint density at radius 2 is 2.12 bits per heavy atom. The predicted octanol–water partition coefficient (Wildman–Crippen LogP) is 0.372. The molecule has 0 radical (unpaired) electrons. The fourth-order valence-electron chi connectivity index (χ4n) is 2.20. The van der Waals surface area contributed by atoms with E-state index in [9.17, 15) is 14.4 Å². The Hall–Kier alpha value is -3.20. The van der Waals surface area contributed by atoms with Crippen molar-refractivity contribution in [3.8, 4) is 11.5 Å². The van der Waals surface area contributed by atoms with Crippen LogP contribution in [0.4, 0.5) is 0 Å². The third-order valence-electron chi connectivity index (χ3n) is 3.37. The molecule has 26 heavy (non-hydrogen) atoms. The van der Waals surface area contributed by atoms with Crippen molar-refractivity contribution >= 4 is 41.1 Å². The van der Waals surface area contributed by atoms with E-state index in [1.165, 1.54) is 24.2 Å². The number of amides is 3. The number of rotatable bonds is 7. The Kier molecular flexibility index (Phi) is 6.07. The zero-order valence-corrected chi connectivity index (χ0v) is 14.8. The van der Waals surface area contributed by atoms with Crippen LogP contribution in [0.2, 0.25) is 0 Å². The number of hydrogen-bond acceptors (Lipinski definition) is 6. The van der Waals surface area contributed by atoms with Gasteiger partial charge in [-0.3, -0.25) is 24.6 Å². The zero-order chi connectivity index (χ0) is 19.3. The smallest absolute Gasteiger partial charge is 0.265 e. The maximum Gasteiger partial charge on any atom is 0.265 e. The number of nitrogens with two attached hydrogens (primary N) is 1. The van der Waals surface area contributed by atoms with E-state index in [1.54, 1.807) is 18.2 Å². The normalized spacial score (nSPS) is 15.7. The number of ether oxygens (including phenoxy) is 2. The molecule has 1 aromatic rings. The topological polar surface area (TPSA) is 111 Å². The molecule has 1 aliphatic heterocycles. The van der Waals surface area contributed by atoms with E-state index >= 15 is 0 Å². The number of nitrogens with zero attached hydrogens (tertiary/aromatic N) is 1. The summed E-state index contributed by atoms with van der Waals surface area (Å²) in [5.41, 5.74) is 5.50. The van der Waals surface area contributed by atoms with E-state index in [-0.39, 0.29) is 23.8 Å². The molecule has 1 fully saturated rings. The van der Waals surface area contributed by atoms with Crippen LogP contribution in [0.1, 0.15) is 5.56 Å². The summed E-state index contributed by atoms with van der Waals surface area (Å²) in [5, 5.41) is 2.49. The number of thiocarbonyl (C=S) groups is 1. The van der Waals surface area contributed by atoms with Crippen molar-refractivity contribution in [2.24, 2.45) is 5.73 Å². The van der Waals surface area contributed by atoms with Gasteiger partial charge in [-0.25, -0.2) is 0 Å². The highest BCUT2D eigenvalue weighted by Crippen LogP contribution is 2.29. The van der Waals surface area contributed by atoms with Crippen LogP contribution in [0.15, 0.2) is 36.4 Å². The average molecular weight is 375 g/mol. The van der Waals surface area contributed by atoms with Gasteiger partial charge in [0, 0.05) is 6.54 Å². The largest absolute Gasteiger partial charge is 0.493 e. The molecule has 0 aromatic heterocycles. The molecule has 1 saturated heterocycles. The standard InChI is InChI=1S/C17H17N3O5S/c1-3-6-20-16(23)11(15(22)19-17(20)26)7-10-4-5-12(13(8-10)24-2)25-9-14(18)21/h3-5,7-8H,1,6,9H2,2H3,(H2,18,21)(H,19,22,26)/b11-7+. The lowest BCUT2D eigenvalue weighted by Crippen LogP contribution is -2.53. The molecule has 136 valence electrons. The minimum absolute atomic E-state index is 0.0323. The first-order valence-electron chi connectivity index (χ1n) is 7.46. The third kappa shape index (κ3) is 4.25. The molecule has 0 unspecified atom stereocenters. The van der Waals surface area contributed by atoms with Gasteiger partial charge >= 0.3 is 0 Å². The third-order valence-corrected chi connectivity index (χ3v) is 3.69. The first kappa shape index (κ1) is 19.1. The SMILES string of the molecule is C=CCN1C(=O)/C(=C/c2ccc(OCC(N)=O)c(OC)c2)C(=O)NC1=S. The van der Waals surface area contributed by atoms with E-state index < -0.39 is 17.7 Å². The van der Waals surface area contributed by atoms with E-state index in [0.717, 1.165) is 0 Å². The van der Waals surface area contributed by atoms with Crippen molar-refractivity contribution in [3.05, 3.63) is 42.0 Å². The summed E-state index contributed by atoms with van der Waals surface area (Å²) >= 11 is 4.99. The van der Waals surface area contributed by atoms with Gasteiger partial charge < -0.3 is 15.2 Å². The molecule has 1 heterocycles. The Balaban J connectivity index is 2.33. The maximum absolute atomic E-state index is 12.5. The Labute approximate surface area is 155 Å². The highest BCUT2D eigenvalue weighted by Gasteiger charge is 2.32. The quantitative estimate of drug-likeness (QED) is 0.308. The number of benzene rings is 1. The van der Waals surface area contributed by atoms with Crippen molar-refractivity contribution in [1.82, 2.24) is 10.2 Å². The van der Waals surface area contributed by atoms with E-state index in [4.69, 9.17) is 27.4 Å². The molecule has 0 atom stereocenters. The number of methoxy groups -OCH3 is 1. The molecular weight excluding hydrogens is 358 g/mol. The highest BCUT2D eigenvalue weighted by molar-refractivity contribution is 7.80. The molecule has 9 heteroatoms. The monoisotopic (exact) mass is 375 g/mol. The van der Waals surface area contributed by atoms with Crippen molar-refractivity contribution in [2.75, 3.05) is 20.3 Å². The summed E-state index contributed by atoms with van der Waals surface area (Å²) in [6, 6.07) is 4.72. The second-order valence-electron chi connectivity index (χ2n) is 5.19. The van der Waals surface area contributed by atoms with E-state index in [2.05, 4.69) is 11.9 Å². The molecule has 1 aliphatic rings. The number of carbonyl (C=O) groups excluding carboxylic acids is 3. The van der Waals surface area contributed by atoms with Gasteiger partial charge in [0.05, 0.1) is 7.11 Å². The second-order valence-corrected chi connectivity index (χ2v) is 5.57. The van der Waals surface area contributed by atoms with E-state index in [0.29, 0.717) is 17.1 Å². The van der Waals surface area contributed by atoms with Crippen LogP contribution in [0.5, 0.6) is 11.5 Å². The van der Waals surface area contributed by atoms with Gasteiger partial charge in [-0.2, -0.15) is 0 Å². The molecule has 2 rings (SSSR count). The zero-order valence-electron chi connectivity index (χ0n) is 14.0. The molecule has 1 aromatic carbocycles. The molecular formula is C17H17N3O5S.